The van der Waals surface area contributed by atoms with Crippen LogP contribution in [0.25, 0.3) is 0 Å². The standard InChI is InChI=1S/C17H25ClN2O4S/c1-5-19(6-2)17(21)14-7-8-15(18)16(9-14)25(22,23)20-10-12(3)24-13(4)11-20/h7-9,12-13H,5-6,10-11H2,1-4H3. The average Bonchev–Trinajstić information content (AvgIpc) is 2.55. The summed E-state index contributed by atoms with van der Waals surface area (Å²) in [7, 11) is -3.80. The first-order valence-corrected chi connectivity index (χ1v) is 10.3. The smallest absolute Gasteiger partial charge is 0.253 e. The third kappa shape index (κ3) is 4.34. The van der Waals surface area contributed by atoms with Crippen LogP contribution in [0.1, 0.15) is 38.1 Å². The van der Waals surface area contributed by atoms with Crippen molar-refractivity contribution < 1.29 is 17.9 Å². The van der Waals surface area contributed by atoms with E-state index in [0.717, 1.165) is 0 Å². The van der Waals surface area contributed by atoms with E-state index >= 15 is 0 Å². The fraction of sp³-hybridized carbons (Fsp3) is 0.588. The van der Waals surface area contributed by atoms with Crippen molar-refractivity contribution in [2.75, 3.05) is 26.2 Å². The Balaban J connectivity index is 2.40. The number of ether oxygens (including phenoxy) is 1. The lowest BCUT2D eigenvalue weighted by Crippen LogP contribution is -2.48. The summed E-state index contributed by atoms with van der Waals surface area (Å²) in [5, 5.41) is 0.114. The maximum atomic E-state index is 13.0. The number of nitrogens with zero attached hydrogens (tertiary/aromatic N) is 2. The molecule has 6 nitrogen and oxygen atoms in total. The predicted molar refractivity (Wildman–Crippen MR) is 97.5 cm³/mol. The Kier molecular flexibility index (Phi) is 6.48. The van der Waals surface area contributed by atoms with Crippen molar-refractivity contribution >= 4 is 27.5 Å². The van der Waals surface area contributed by atoms with E-state index in [9.17, 15) is 13.2 Å². The van der Waals surface area contributed by atoms with Crippen molar-refractivity contribution in [3.8, 4) is 0 Å². The van der Waals surface area contributed by atoms with Crippen LogP contribution in [0.3, 0.4) is 0 Å². The van der Waals surface area contributed by atoms with E-state index in [1.54, 1.807) is 11.0 Å². The highest BCUT2D eigenvalue weighted by atomic mass is 35.5. The van der Waals surface area contributed by atoms with E-state index in [1.165, 1.54) is 16.4 Å². The number of sulfonamides is 1. The molecule has 0 aliphatic carbocycles. The molecule has 8 heteroatoms. The van der Waals surface area contributed by atoms with Crippen LogP contribution in [0.5, 0.6) is 0 Å². The molecule has 1 fully saturated rings. The Bertz CT molecular complexity index is 724. The largest absolute Gasteiger partial charge is 0.373 e. The maximum absolute atomic E-state index is 13.0. The van der Waals surface area contributed by atoms with Crippen molar-refractivity contribution in [1.82, 2.24) is 9.21 Å². The Morgan fingerprint density at radius 1 is 1.24 bits per heavy atom. The highest BCUT2D eigenvalue weighted by molar-refractivity contribution is 7.89. The van der Waals surface area contributed by atoms with E-state index < -0.39 is 10.0 Å². The molecule has 2 rings (SSSR count). The summed E-state index contributed by atoms with van der Waals surface area (Å²) >= 11 is 6.16. The maximum Gasteiger partial charge on any atom is 0.253 e. The number of amides is 1. The van der Waals surface area contributed by atoms with Crippen LogP contribution in [0.2, 0.25) is 5.02 Å². The molecule has 0 bridgehead atoms. The van der Waals surface area contributed by atoms with Crippen molar-refractivity contribution in [3.05, 3.63) is 28.8 Å². The minimum absolute atomic E-state index is 0.0338. The summed E-state index contributed by atoms with van der Waals surface area (Å²) < 4.78 is 33.1. The van der Waals surface area contributed by atoms with E-state index in [0.29, 0.717) is 18.7 Å². The molecule has 140 valence electrons. The highest BCUT2D eigenvalue weighted by Crippen LogP contribution is 2.28. The van der Waals surface area contributed by atoms with Crippen molar-refractivity contribution in [2.24, 2.45) is 0 Å². The van der Waals surface area contributed by atoms with Gasteiger partial charge in [0.15, 0.2) is 0 Å². The van der Waals surface area contributed by atoms with E-state index in [1.807, 2.05) is 27.7 Å². The molecule has 1 aliphatic heterocycles. The third-order valence-corrected chi connectivity index (χ3v) is 6.55. The molecule has 0 N–H and O–H groups in total. The SMILES string of the molecule is CCN(CC)C(=O)c1ccc(Cl)c(S(=O)(=O)N2CC(C)OC(C)C2)c1. The molecule has 1 aromatic carbocycles. The van der Waals surface area contributed by atoms with Crippen LogP contribution in [0.15, 0.2) is 23.1 Å². The first kappa shape index (κ1) is 20.2. The van der Waals surface area contributed by atoms with Crippen molar-refractivity contribution in [1.29, 1.82) is 0 Å². The molecule has 0 aromatic heterocycles. The lowest BCUT2D eigenvalue weighted by atomic mass is 10.2. The first-order valence-electron chi connectivity index (χ1n) is 8.45. The van der Waals surface area contributed by atoms with Crippen molar-refractivity contribution in [3.63, 3.8) is 0 Å². The summed E-state index contributed by atoms with van der Waals surface area (Å²) in [6.45, 7) is 9.06. The normalized spacial score (nSPS) is 22.0. The van der Waals surface area contributed by atoms with Crippen LogP contribution in [0, 0.1) is 0 Å². The highest BCUT2D eigenvalue weighted by Gasteiger charge is 2.34. The van der Waals surface area contributed by atoms with Crippen LogP contribution < -0.4 is 0 Å². The number of hydrogen-bond acceptors (Lipinski definition) is 4. The monoisotopic (exact) mass is 388 g/mol. The average molecular weight is 389 g/mol. The Labute approximate surface area is 154 Å². The zero-order valence-electron chi connectivity index (χ0n) is 15.0. The number of carbonyl (C=O) groups is 1. The molecular formula is C17H25ClN2O4S. The van der Waals surface area contributed by atoms with Gasteiger partial charge in [-0.2, -0.15) is 4.31 Å². The molecule has 25 heavy (non-hydrogen) atoms. The second kappa shape index (κ2) is 8.03. The van der Waals surface area contributed by atoms with E-state index in [-0.39, 0.29) is 41.1 Å². The fourth-order valence-corrected chi connectivity index (χ4v) is 5.08. The van der Waals surface area contributed by atoms with E-state index in [4.69, 9.17) is 16.3 Å². The van der Waals surface area contributed by atoms with Gasteiger partial charge in [-0.15, -0.1) is 0 Å². The summed E-state index contributed by atoms with van der Waals surface area (Å²) in [5.41, 5.74) is 0.320. The predicted octanol–water partition coefficient (Wildman–Crippen LogP) is 2.62. The summed E-state index contributed by atoms with van der Waals surface area (Å²) in [4.78, 5) is 14.1. The van der Waals surface area contributed by atoms with Gasteiger partial charge in [-0.25, -0.2) is 8.42 Å². The summed E-state index contributed by atoms with van der Waals surface area (Å²) in [6.07, 6.45) is -0.393. The summed E-state index contributed by atoms with van der Waals surface area (Å²) in [5.74, 6) is -0.207. The lowest BCUT2D eigenvalue weighted by molar-refractivity contribution is -0.0440. The number of hydrogen-bond donors (Lipinski definition) is 0. The van der Waals surface area contributed by atoms with Gasteiger partial charge in [-0.1, -0.05) is 11.6 Å². The number of rotatable bonds is 5. The lowest BCUT2D eigenvalue weighted by Gasteiger charge is -2.34. The second-order valence-corrected chi connectivity index (χ2v) is 8.52. The number of carbonyl (C=O) groups excluding carboxylic acids is 1. The molecule has 1 saturated heterocycles. The molecule has 1 amide bonds. The minimum atomic E-state index is -3.80. The molecule has 1 aliphatic rings. The van der Waals surface area contributed by atoms with Gasteiger partial charge in [-0.05, 0) is 45.9 Å². The van der Waals surface area contributed by atoms with Crippen LogP contribution in [-0.4, -0.2) is 61.9 Å². The first-order chi connectivity index (χ1) is 11.7. The molecule has 0 saturated carbocycles. The van der Waals surface area contributed by atoms with Crippen LogP contribution in [-0.2, 0) is 14.8 Å². The Morgan fingerprint density at radius 2 is 1.80 bits per heavy atom. The molecule has 2 atom stereocenters. The van der Waals surface area contributed by atoms with Gasteiger partial charge in [0, 0.05) is 31.7 Å². The van der Waals surface area contributed by atoms with Gasteiger partial charge in [0.25, 0.3) is 5.91 Å². The zero-order chi connectivity index (χ0) is 18.8. The molecule has 1 aromatic rings. The topological polar surface area (TPSA) is 66.9 Å². The molecule has 1 heterocycles. The fourth-order valence-electron chi connectivity index (χ4n) is 2.99. The van der Waals surface area contributed by atoms with Crippen molar-refractivity contribution in [2.45, 2.75) is 44.8 Å². The van der Waals surface area contributed by atoms with Gasteiger partial charge < -0.3 is 9.64 Å². The van der Waals surface area contributed by atoms with Gasteiger partial charge in [0.05, 0.1) is 17.2 Å². The number of morpholine rings is 1. The Hall–Kier alpha value is -1.15. The second-order valence-electron chi connectivity index (χ2n) is 6.20. The summed E-state index contributed by atoms with van der Waals surface area (Å²) in [6, 6.07) is 4.41. The van der Waals surface area contributed by atoms with Gasteiger partial charge in [-0.3, -0.25) is 4.79 Å². The van der Waals surface area contributed by atoms with Crippen LogP contribution >= 0.6 is 11.6 Å². The minimum Gasteiger partial charge on any atom is -0.373 e. The van der Waals surface area contributed by atoms with Gasteiger partial charge in [0.1, 0.15) is 4.90 Å². The molecular weight excluding hydrogens is 364 g/mol. The van der Waals surface area contributed by atoms with Gasteiger partial charge >= 0.3 is 0 Å². The molecule has 0 radical (unpaired) electrons. The number of halogens is 1. The Morgan fingerprint density at radius 3 is 2.32 bits per heavy atom. The van der Waals surface area contributed by atoms with Crippen LogP contribution in [0.4, 0.5) is 0 Å². The zero-order valence-corrected chi connectivity index (χ0v) is 16.6. The molecule has 0 spiro atoms. The quantitative estimate of drug-likeness (QED) is 0.777. The van der Waals surface area contributed by atoms with E-state index in [2.05, 4.69) is 0 Å². The third-order valence-electron chi connectivity index (χ3n) is 4.23. The number of benzene rings is 1. The van der Waals surface area contributed by atoms with Gasteiger partial charge in [0.2, 0.25) is 10.0 Å². The molecule has 2 unspecified atom stereocenters.